The molecule has 1 heterocycles. The van der Waals surface area contributed by atoms with Crippen molar-refractivity contribution in [3.05, 3.63) is 15.9 Å². The third-order valence-corrected chi connectivity index (χ3v) is 5.32. The summed E-state index contributed by atoms with van der Waals surface area (Å²) in [6.07, 6.45) is 5.44. The van der Waals surface area contributed by atoms with Crippen molar-refractivity contribution in [1.29, 1.82) is 0 Å². The first-order valence-corrected chi connectivity index (χ1v) is 9.32. The predicted molar refractivity (Wildman–Crippen MR) is 98.1 cm³/mol. The number of hydrogen-bond donors (Lipinski definition) is 2. The molecule has 0 atom stereocenters. The smallest absolute Gasteiger partial charge is 0.258 e. The van der Waals surface area contributed by atoms with E-state index in [4.69, 9.17) is 0 Å². The summed E-state index contributed by atoms with van der Waals surface area (Å²) in [5.74, 6) is 0.952. The number of aromatic nitrogens is 2. The van der Waals surface area contributed by atoms with Gasteiger partial charge < -0.3 is 15.0 Å². The normalized spacial score (nSPS) is 15.6. The average molecular weight is 362 g/mol. The molecule has 132 valence electrons. The molecule has 7 heteroatoms. The fraction of sp³-hybridized carbons (Fsp3) is 0.750. The maximum atomic E-state index is 12.3. The van der Waals surface area contributed by atoms with Crippen molar-refractivity contribution in [1.82, 2.24) is 14.9 Å². The molecule has 1 saturated carbocycles. The number of nitrogens with zero attached hydrogens (tertiary/aromatic N) is 2. The van der Waals surface area contributed by atoms with E-state index in [0.29, 0.717) is 10.7 Å². The molecule has 1 aromatic rings. The Morgan fingerprint density at radius 3 is 2.48 bits per heavy atom. The molecule has 1 aliphatic rings. The van der Waals surface area contributed by atoms with E-state index in [0.717, 1.165) is 51.1 Å². The number of rotatable bonds is 7. The van der Waals surface area contributed by atoms with Gasteiger partial charge in [-0.2, -0.15) is 4.98 Å². The highest BCUT2D eigenvalue weighted by Gasteiger charge is 2.23. The van der Waals surface area contributed by atoms with Gasteiger partial charge in [0.1, 0.15) is 0 Å². The van der Waals surface area contributed by atoms with Gasteiger partial charge >= 0.3 is 0 Å². The molecule has 23 heavy (non-hydrogen) atoms. The summed E-state index contributed by atoms with van der Waals surface area (Å²) in [4.78, 5) is 21.7. The Morgan fingerprint density at radius 1 is 1.26 bits per heavy atom. The van der Waals surface area contributed by atoms with E-state index in [2.05, 4.69) is 28.7 Å². The van der Waals surface area contributed by atoms with Gasteiger partial charge in [-0.3, -0.25) is 4.79 Å². The van der Waals surface area contributed by atoms with Gasteiger partial charge in [-0.25, -0.2) is 0 Å². The van der Waals surface area contributed by atoms with Crippen molar-refractivity contribution in [2.24, 2.45) is 0 Å². The fourth-order valence-electron chi connectivity index (χ4n) is 3.09. The van der Waals surface area contributed by atoms with Crippen LogP contribution >= 0.6 is 24.2 Å². The summed E-state index contributed by atoms with van der Waals surface area (Å²) in [5.41, 5.74) is 0.331. The Labute approximate surface area is 148 Å². The van der Waals surface area contributed by atoms with E-state index in [1.807, 2.05) is 0 Å². The van der Waals surface area contributed by atoms with Crippen LogP contribution in [0.4, 0.5) is 0 Å². The molecule has 2 rings (SSSR count). The maximum Gasteiger partial charge on any atom is 0.258 e. The van der Waals surface area contributed by atoms with Gasteiger partial charge in [0.25, 0.3) is 5.56 Å². The number of H-pyrrole nitrogens is 1. The van der Waals surface area contributed by atoms with Crippen LogP contribution < -0.4 is 5.56 Å². The molecule has 0 bridgehead atoms. The van der Waals surface area contributed by atoms with Crippen molar-refractivity contribution in [2.75, 3.05) is 25.4 Å². The van der Waals surface area contributed by atoms with Crippen LogP contribution in [0, 0.1) is 0 Å². The first-order valence-electron chi connectivity index (χ1n) is 8.34. The Kier molecular flexibility index (Phi) is 9.02. The van der Waals surface area contributed by atoms with E-state index < -0.39 is 0 Å². The predicted octanol–water partition coefficient (Wildman–Crippen LogP) is 3.38. The topological polar surface area (TPSA) is 69.2 Å². The minimum atomic E-state index is -0.162. The first-order chi connectivity index (χ1) is 10.7. The van der Waals surface area contributed by atoms with E-state index in [-0.39, 0.29) is 29.8 Å². The maximum absolute atomic E-state index is 12.3. The molecule has 5 nitrogen and oxygen atoms in total. The number of halogens is 1. The Balaban J connectivity index is 0.00000264. The minimum Gasteiger partial charge on any atom is -0.493 e. The van der Waals surface area contributed by atoms with Gasteiger partial charge in [-0.05, 0) is 31.8 Å². The van der Waals surface area contributed by atoms with Crippen LogP contribution in [0.15, 0.2) is 9.95 Å². The lowest BCUT2D eigenvalue weighted by Gasteiger charge is -2.21. The molecule has 0 aliphatic heterocycles. The lowest BCUT2D eigenvalue weighted by molar-refractivity contribution is 0.323. The third kappa shape index (κ3) is 5.69. The van der Waals surface area contributed by atoms with Crippen LogP contribution in [0.1, 0.15) is 57.4 Å². The average Bonchev–Trinajstić information content (AvgIpc) is 2.52. The molecule has 0 spiro atoms. The van der Waals surface area contributed by atoms with Crippen molar-refractivity contribution >= 4 is 24.2 Å². The zero-order chi connectivity index (χ0) is 15.9. The minimum absolute atomic E-state index is 0. The highest BCUT2D eigenvalue weighted by molar-refractivity contribution is 7.99. The molecule has 0 amide bonds. The highest BCUT2D eigenvalue weighted by Crippen LogP contribution is 2.34. The SMILES string of the molecule is CCN(CC)CCSc1nc(O)c(C2CCCCC2)c(=O)[nH]1.Cl. The Hall–Kier alpha value is -0.720. The largest absolute Gasteiger partial charge is 0.493 e. The van der Waals surface area contributed by atoms with Crippen LogP contribution in [-0.2, 0) is 0 Å². The van der Waals surface area contributed by atoms with Gasteiger partial charge in [0, 0.05) is 12.3 Å². The zero-order valence-corrected chi connectivity index (χ0v) is 15.6. The van der Waals surface area contributed by atoms with E-state index in [9.17, 15) is 9.90 Å². The summed E-state index contributed by atoms with van der Waals surface area (Å²) in [6.45, 7) is 7.27. The van der Waals surface area contributed by atoms with Gasteiger partial charge in [0.05, 0.1) is 5.56 Å². The van der Waals surface area contributed by atoms with Crippen LogP contribution in [0.25, 0.3) is 0 Å². The lowest BCUT2D eigenvalue weighted by atomic mass is 9.85. The Morgan fingerprint density at radius 2 is 1.91 bits per heavy atom. The number of thioether (sulfide) groups is 1. The van der Waals surface area contributed by atoms with E-state index in [1.165, 1.54) is 18.2 Å². The first kappa shape index (κ1) is 20.3. The zero-order valence-electron chi connectivity index (χ0n) is 14.0. The summed E-state index contributed by atoms with van der Waals surface area (Å²) < 4.78 is 0. The molecule has 0 aromatic carbocycles. The summed E-state index contributed by atoms with van der Waals surface area (Å²) in [6, 6.07) is 0. The van der Waals surface area contributed by atoms with Crippen LogP contribution in [-0.4, -0.2) is 45.4 Å². The monoisotopic (exact) mass is 361 g/mol. The molecule has 0 radical (unpaired) electrons. The number of aromatic hydroxyl groups is 1. The molecule has 0 unspecified atom stereocenters. The van der Waals surface area contributed by atoms with Crippen molar-refractivity contribution in [2.45, 2.75) is 57.0 Å². The quantitative estimate of drug-likeness (QED) is 0.575. The van der Waals surface area contributed by atoms with Crippen molar-refractivity contribution < 1.29 is 5.11 Å². The van der Waals surface area contributed by atoms with Crippen LogP contribution in [0.5, 0.6) is 5.88 Å². The van der Waals surface area contributed by atoms with Gasteiger partial charge in [-0.15, -0.1) is 12.4 Å². The second-order valence-corrected chi connectivity index (χ2v) is 6.90. The fourth-order valence-corrected chi connectivity index (χ4v) is 3.95. The van der Waals surface area contributed by atoms with Crippen LogP contribution in [0.3, 0.4) is 0 Å². The molecule has 1 aromatic heterocycles. The van der Waals surface area contributed by atoms with E-state index >= 15 is 0 Å². The molecular formula is C16H28ClN3O2S. The molecule has 0 saturated heterocycles. The highest BCUT2D eigenvalue weighted by atomic mass is 35.5. The molecule has 1 fully saturated rings. The van der Waals surface area contributed by atoms with Gasteiger partial charge in [-0.1, -0.05) is 44.9 Å². The summed E-state index contributed by atoms with van der Waals surface area (Å²) >= 11 is 1.49. The Bertz CT molecular complexity index is 529. The van der Waals surface area contributed by atoms with Gasteiger partial charge in [0.2, 0.25) is 5.88 Å². The standard InChI is InChI=1S/C16H27N3O2S.ClH/c1-3-19(4-2)10-11-22-16-17-14(20)13(15(21)18-16)12-8-6-5-7-9-12;/h12H,3-11H2,1-2H3,(H2,17,18,20,21);1H. The molecule has 2 N–H and O–H groups in total. The lowest BCUT2D eigenvalue weighted by Crippen LogP contribution is -2.25. The number of nitrogens with one attached hydrogen (secondary N) is 1. The number of hydrogen-bond acceptors (Lipinski definition) is 5. The number of aromatic amines is 1. The second kappa shape index (κ2) is 10.2. The van der Waals surface area contributed by atoms with Gasteiger partial charge in [0.15, 0.2) is 5.16 Å². The summed E-state index contributed by atoms with van der Waals surface area (Å²) in [7, 11) is 0. The van der Waals surface area contributed by atoms with Crippen LogP contribution in [0.2, 0.25) is 0 Å². The molecule has 1 aliphatic carbocycles. The van der Waals surface area contributed by atoms with E-state index in [1.54, 1.807) is 0 Å². The third-order valence-electron chi connectivity index (χ3n) is 4.47. The van der Waals surface area contributed by atoms with Crippen molar-refractivity contribution in [3.8, 4) is 5.88 Å². The summed E-state index contributed by atoms with van der Waals surface area (Å²) in [5, 5.41) is 10.7. The van der Waals surface area contributed by atoms with Crippen molar-refractivity contribution in [3.63, 3.8) is 0 Å². The second-order valence-electron chi connectivity index (χ2n) is 5.82. The molecular weight excluding hydrogens is 334 g/mol.